The van der Waals surface area contributed by atoms with Crippen molar-refractivity contribution in [3.8, 4) is 0 Å². The number of aryl methyl sites for hydroxylation is 1. The number of carbonyl (C=O) groups is 1. The Hall–Kier alpha value is -2.05. The van der Waals surface area contributed by atoms with Crippen molar-refractivity contribution in [2.75, 3.05) is 16.6 Å². The van der Waals surface area contributed by atoms with Crippen LogP contribution in [0.4, 0.5) is 5.69 Å². The third-order valence-corrected chi connectivity index (χ3v) is 6.59. The van der Waals surface area contributed by atoms with Gasteiger partial charge in [-0.15, -0.1) is 0 Å². The number of rotatable bonds is 4. The zero-order valence-electron chi connectivity index (χ0n) is 14.5. The lowest BCUT2D eigenvalue weighted by Crippen LogP contribution is -2.37. The maximum Gasteiger partial charge on any atom is 0.253 e. The van der Waals surface area contributed by atoms with Gasteiger partial charge in [-0.05, 0) is 43.5 Å². The van der Waals surface area contributed by atoms with E-state index in [9.17, 15) is 13.2 Å². The Balaban J connectivity index is 1.72. The second kappa shape index (κ2) is 7.68. The smallest absolute Gasteiger partial charge is 0.253 e. The largest absolute Gasteiger partial charge is 0.348 e. The van der Waals surface area contributed by atoms with E-state index in [0.29, 0.717) is 30.8 Å². The van der Waals surface area contributed by atoms with Crippen LogP contribution in [0, 0.1) is 6.92 Å². The molecular weight excluding hydrogens is 372 g/mol. The Morgan fingerprint density at radius 1 is 1.15 bits per heavy atom. The lowest BCUT2D eigenvalue weighted by Gasteiger charge is -2.28. The highest BCUT2D eigenvalue weighted by molar-refractivity contribution is 7.92. The number of amides is 1. The molecule has 1 fully saturated rings. The number of hydrogen-bond acceptors (Lipinski definition) is 3. The molecule has 0 aliphatic carbocycles. The molecule has 0 atom stereocenters. The Labute approximate surface area is 159 Å². The van der Waals surface area contributed by atoms with Crippen LogP contribution in [0.25, 0.3) is 0 Å². The minimum atomic E-state index is -3.30. The van der Waals surface area contributed by atoms with Gasteiger partial charge in [-0.2, -0.15) is 0 Å². The molecule has 26 heavy (non-hydrogen) atoms. The lowest BCUT2D eigenvalue weighted by molar-refractivity contribution is 0.0951. The van der Waals surface area contributed by atoms with Crippen molar-refractivity contribution in [1.29, 1.82) is 0 Å². The highest BCUT2D eigenvalue weighted by Crippen LogP contribution is 2.28. The van der Waals surface area contributed by atoms with Gasteiger partial charge in [0.1, 0.15) is 0 Å². The summed E-state index contributed by atoms with van der Waals surface area (Å²) in [7, 11) is -3.30. The van der Waals surface area contributed by atoms with Crippen LogP contribution in [0.5, 0.6) is 0 Å². The second-order valence-corrected chi connectivity index (χ2v) is 8.85. The van der Waals surface area contributed by atoms with Crippen LogP contribution in [0.2, 0.25) is 5.02 Å². The molecule has 1 amide bonds. The fourth-order valence-corrected chi connectivity index (χ4v) is 4.80. The van der Waals surface area contributed by atoms with Gasteiger partial charge in [-0.1, -0.05) is 41.4 Å². The molecule has 2 aromatic rings. The first kappa shape index (κ1) is 18.7. The molecule has 0 saturated carbocycles. The number of nitrogens with zero attached hydrogens (tertiary/aromatic N) is 1. The summed E-state index contributed by atoms with van der Waals surface area (Å²) in [6, 6.07) is 12.7. The van der Waals surface area contributed by atoms with Gasteiger partial charge < -0.3 is 5.32 Å². The molecule has 0 bridgehead atoms. The van der Waals surface area contributed by atoms with Crippen LogP contribution in [-0.2, 0) is 16.6 Å². The van der Waals surface area contributed by atoms with E-state index in [0.717, 1.165) is 17.5 Å². The zero-order valence-corrected chi connectivity index (χ0v) is 16.1. The number of carbonyl (C=O) groups excluding carboxylic acids is 1. The number of anilines is 1. The molecule has 0 radical (unpaired) electrons. The highest BCUT2D eigenvalue weighted by atomic mass is 35.5. The number of sulfonamides is 1. The summed E-state index contributed by atoms with van der Waals surface area (Å²) in [6.07, 6.45) is 1.49. The molecule has 1 aliphatic heterocycles. The molecule has 0 aromatic heterocycles. The predicted molar refractivity (Wildman–Crippen MR) is 104 cm³/mol. The number of benzene rings is 2. The molecule has 1 heterocycles. The molecule has 3 rings (SSSR count). The maximum atomic E-state index is 12.4. The van der Waals surface area contributed by atoms with E-state index in [1.165, 1.54) is 4.31 Å². The van der Waals surface area contributed by atoms with Crippen LogP contribution in [0.15, 0.2) is 42.5 Å². The first-order chi connectivity index (χ1) is 12.4. The number of halogens is 1. The third-order valence-electron chi connectivity index (χ3n) is 4.41. The first-order valence-electron chi connectivity index (χ1n) is 8.50. The molecule has 7 heteroatoms. The van der Waals surface area contributed by atoms with Crippen molar-refractivity contribution in [2.24, 2.45) is 0 Å². The van der Waals surface area contributed by atoms with Crippen LogP contribution in [-0.4, -0.2) is 26.6 Å². The average Bonchev–Trinajstić information content (AvgIpc) is 2.60. The van der Waals surface area contributed by atoms with E-state index >= 15 is 0 Å². The van der Waals surface area contributed by atoms with Gasteiger partial charge >= 0.3 is 0 Å². The zero-order chi connectivity index (χ0) is 18.7. The summed E-state index contributed by atoms with van der Waals surface area (Å²) in [5.74, 6) is -0.146. The van der Waals surface area contributed by atoms with Crippen molar-refractivity contribution in [3.63, 3.8) is 0 Å². The van der Waals surface area contributed by atoms with Crippen LogP contribution in [0.3, 0.4) is 0 Å². The van der Waals surface area contributed by atoms with Crippen LogP contribution >= 0.6 is 11.6 Å². The molecule has 1 N–H and O–H groups in total. The van der Waals surface area contributed by atoms with Crippen molar-refractivity contribution < 1.29 is 13.2 Å². The molecule has 1 aliphatic rings. The van der Waals surface area contributed by atoms with E-state index < -0.39 is 10.0 Å². The van der Waals surface area contributed by atoms with Crippen LogP contribution < -0.4 is 9.62 Å². The van der Waals surface area contributed by atoms with Gasteiger partial charge in [0.25, 0.3) is 5.91 Å². The summed E-state index contributed by atoms with van der Waals surface area (Å²) in [5, 5.41) is 3.08. The van der Waals surface area contributed by atoms with Gasteiger partial charge in [0.15, 0.2) is 0 Å². The Morgan fingerprint density at radius 2 is 1.88 bits per heavy atom. The fraction of sp³-hybridized carbons (Fsp3) is 0.316. The molecule has 5 nitrogen and oxygen atoms in total. The number of nitrogens with one attached hydrogen (secondary N) is 1. The van der Waals surface area contributed by atoms with Crippen molar-refractivity contribution in [2.45, 2.75) is 26.3 Å². The van der Waals surface area contributed by atoms with Gasteiger partial charge in [-0.25, -0.2) is 8.42 Å². The molecule has 1 saturated heterocycles. The van der Waals surface area contributed by atoms with E-state index in [4.69, 9.17) is 11.6 Å². The van der Waals surface area contributed by atoms with E-state index in [-0.39, 0.29) is 16.7 Å². The van der Waals surface area contributed by atoms with Crippen molar-refractivity contribution in [3.05, 3.63) is 64.2 Å². The van der Waals surface area contributed by atoms with Crippen molar-refractivity contribution >= 4 is 33.2 Å². The van der Waals surface area contributed by atoms with Gasteiger partial charge in [0.2, 0.25) is 10.0 Å². The summed E-state index contributed by atoms with van der Waals surface area (Å²) in [4.78, 5) is 12.4. The Kier molecular flexibility index (Phi) is 5.53. The second-order valence-electron chi connectivity index (χ2n) is 6.43. The third kappa shape index (κ3) is 4.19. The average molecular weight is 393 g/mol. The van der Waals surface area contributed by atoms with Crippen molar-refractivity contribution in [1.82, 2.24) is 5.32 Å². The quantitative estimate of drug-likeness (QED) is 0.865. The lowest BCUT2D eigenvalue weighted by atomic mass is 10.1. The SMILES string of the molecule is Cc1ccc(CNC(=O)c2ccc(N3CCCCS3(=O)=O)cc2Cl)cc1. The Bertz CT molecular complexity index is 911. The van der Waals surface area contributed by atoms with Gasteiger partial charge in [-0.3, -0.25) is 9.10 Å². The normalized spacial score (nSPS) is 16.3. The summed E-state index contributed by atoms with van der Waals surface area (Å²) < 4.78 is 25.8. The molecule has 0 spiro atoms. The van der Waals surface area contributed by atoms with Crippen LogP contribution in [0.1, 0.15) is 34.3 Å². The maximum absolute atomic E-state index is 12.4. The monoisotopic (exact) mass is 392 g/mol. The first-order valence-corrected chi connectivity index (χ1v) is 10.5. The number of hydrogen-bond donors (Lipinski definition) is 1. The fourth-order valence-electron chi connectivity index (χ4n) is 2.91. The minimum Gasteiger partial charge on any atom is -0.348 e. The molecule has 138 valence electrons. The van der Waals surface area contributed by atoms with Gasteiger partial charge in [0, 0.05) is 13.1 Å². The summed E-state index contributed by atoms with van der Waals surface area (Å²) in [6.45, 7) is 2.85. The molecule has 2 aromatic carbocycles. The van der Waals surface area contributed by atoms with Gasteiger partial charge in [0.05, 0.1) is 22.0 Å². The Morgan fingerprint density at radius 3 is 2.54 bits per heavy atom. The molecular formula is C19H21ClN2O3S. The highest BCUT2D eigenvalue weighted by Gasteiger charge is 2.26. The van der Waals surface area contributed by atoms with E-state index in [2.05, 4.69) is 5.32 Å². The molecule has 0 unspecified atom stereocenters. The topological polar surface area (TPSA) is 66.5 Å². The van der Waals surface area contributed by atoms with E-state index in [1.807, 2.05) is 31.2 Å². The summed E-state index contributed by atoms with van der Waals surface area (Å²) >= 11 is 6.26. The summed E-state index contributed by atoms with van der Waals surface area (Å²) in [5.41, 5.74) is 2.99. The van der Waals surface area contributed by atoms with E-state index in [1.54, 1.807) is 18.2 Å². The standard InChI is InChI=1S/C19H21ClN2O3S/c1-14-4-6-15(7-5-14)13-21-19(23)17-9-8-16(12-18(17)20)22-10-2-3-11-26(22,24)25/h4-9,12H,2-3,10-11,13H2,1H3,(H,21,23). The predicted octanol–water partition coefficient (Wildman–Crippen LogP) is 3.51. The minimum absolute atomic E-state index is 0.142.